The molecule has 0 N–H and O–H groups in total. The first kappa shape index (κ1) is 52.9. The smallest absolute Gasteiger partial charge is 0.150 e. The Kier molecular flexibility index (Phi) is 11.5. The molecule has 0 saturated heterocycles. The number of ether oxygens (including phenoxy) is 1. The van der Waals surface area contributed by atoms with Crippen molar-refractivity contribution >= 4 is 110 Å². The first-order valence-corrected chi connectivity index (χ1v) is 32.7. The van der Waals surface area contributed by atoms with E-state index in [1.165, 1.54) is 64.3 Å². The monoisotopic (exact) mass is 1210 g/mol. The number of halogens is 1. The van der Waals surface area contributed by atoms with Gasteiger partial charge in [0.1, 0.15) is 16.9 Å². The highest BCUT2D eigenvalue weighted by Crippen LogP contribution is 2.65. The minimum absolute atomic E-state index is 0.135. The van der Waals surface area contributed by atoms with Crippen molar-refractivity contribution in [3.05, 3.63) is 336 Å². The SMILES string of the molecule is CC1(C)c2ccccc2-c2c(-c3ccc(N(c4ccccc4)c4ccc5c(c4)C4(c6ccccc6Oc6c(Cl)cccc64)c4cc(N(c6ccccc6)c6cc(-c7ccc8ccccc8c7)c7oc8ccccc8c7c6)ccc4-5)c4c3sc3ccccc34)cccc21. The fourth-order valence-corrected chi connectivity index (χ4v) is 17.4. The molecule has 3 heterocycles. The molecule has 2 aliphatic carbocycles. The number of para-hydroxylation sites is 5. The van der Waals surface area contributed by atoms with Crippen LogP contribution in [0.5, 0.6) is 11.5 Å². The van der Waals surface area contributed by atoms with Crippen LogP contribution < -0.4 is 14.5 Å². The van der Waals surface area contributed by atoms with E-state index in [4.69, 9.17) is 20.8 Å². The Balaban J connectivity index is 0.851. The lowest BCUT2D eigenvalue weighted by Crippen LogP contribution is -2.32. The van der Waals surface area contributed by atoms with Gasteiger partial charge < -0.3 is 19.0 Å². The molecule has 19 rings (SSSR count). The van der Waals surface area contributed by atoms with Gasteiger partial charge in [0, 0.05) is 87.1 Å². The molecule has 0 bridgehead atoms. The highest BCUT2D eigenvalue weighted by atomic mass is 35.5. The number of nitrogens with zero attached hydrogens (tertiary/aromatic N) is 2. The number of hydrogen-bond acceptors (Lipinski definition) is 5. The third-order valence-corrected chi connectivity index (χ3v) is 21.4. The van der Waals surface area contributed by atoms with E-state index in [-0.39, 0.29) is 5.41 Å². The quantitative estimate of drug-likeness (QED) is 0.152. The molecular formula is C86H55ClN2O2S. The van der Waals surface area contributed by atoms with Gasteiger partial charge in [-0.2, -0.15) is 0 Å². The molecule has 0 radical (unpaired) electrons. The molecule has 0 fully saturated rings. The number of anilines is 6. The van der Waals surface area contributed by atoms with Crippen molar-refractivity contribution in [2.75, 3.05) is 9.80 Å². The van der Waals surface area contributed by atoms with Crippen LogP contribution in [-0.4, -0.2) is 0 Å². The van der Waals surface area contributed by atoms with Crippen molar-refractivity contribution in [2.24, 2.45) is 0 Å². The van der Waals surface area contributed by atoms with Gasteiger partial charge >= 0.3 is 0 Å². The Bertz CT molecular complexity index is 5770. The summed E-state index contributed by atoms with van der Waals surface area (Å²) in [4.78, 5) is 4.91. The highest BCUT2D eigenvalue weighted by Gasteiger charge is 2.52. The van der Waals surface area contributed by atoms with Crippen molar-refractivity contribution < 1.29 is 9.15 Å². The molecule has 1 unspecified atom stereocenters. The molecule has 434 valence electrons. The zero-order chi connectivity index (χ0) is 61.0. The van der Waals surface area contributed by atoms with Crippen molar-refractivity contribution in [1.29, 1.82) is 0 Å². The lowest BCUT2D eigenvalue weighted by molar-refractivity contribution is 0.436. The Morgan fingerprint density at radius 3 is 1.80 bits per heavy atom. The second-order valence-corrected chi connectivity index (χ2v) is 26.6. The maximum absolute atomic E-state index is 7.46. The van der Waals surface area contributed by atoms with Crippen LogP contribution in [0.4, 0.5) is 34.1 Å². The zero-order valence-electron chi connectivity index (χ0n) is 50.3. The van der Waals surface area contributed by atoms with Gasteiger partial charge in [-0.15, -0.1) is 11.3 Å². The molecule has 4 nitrogen and oxygen atoms in total. The van der Waals surface area contributed by atoms with E-state index < -0.39 is 5.41 Å². The van der Waals surface area contributed by atoms with Gasteiger partial charge in [0.15, 0.2) is 5.75 Å². The minimum Gasteiger partial charge on any atom is -0.455 e. The van der Waals surface area contributed by atoms with Gasteiger partial charge in [0.05, 0.1) is 16.1 Å². The zero-order valence-corrected chi connectivity index (χ0v) is 51.9. The molecule has 92 heavy (non-hydrogen) atoms. The predicted octanol–water partition coefficient (Wildman–Crippen LogP) is 24.8. The molecule has 6 heteroatoms. The van der Waals surface area contributed by atoms with Gasteiger partial charge in [0.2, 0.25) is 0 Å². The van der Waals surface area contributed by atoms with Crippen LogP contribution in [0.1, 0.15) is 47.2 Å². The summed E-state index contributed by atoms with van der Waals surface area (Å²) in [6.07, 6.45) is 0. The standard InChI is InChI=1S/C86H55ClN2O2S/c1-85(2)69-31-14-11-28-65(69)80-63(30-19-33-71(80)85)64-45-46-76(81-66-29-13-18-38-79(66)92-84(64)81)89(56-25-7-4-8-26-56)58-42-44-61-60-43-41-57(50-73(60)86(74(61)51-58)70-32-15-17-37-78(70)91-83-72(86)34-20-35-75(83)87)88(55-23-5-3-6-24-55)59-48-67(54-40-39-52-21-9-10-22-53(52)47-54)82-68(49-59)62-27-12-16-36-77(62)90-82/h3-51H,1-2H3. The number of rotatable bonds is 8. The maximum Gasteiger partial charge on any atom is 0.150 e. The molecule has 1 spiro atoms. The fourth-order valence-electron chi connectivity index (χ4n) is 15.9. The highest BCUT2D eigenvalue weighted by molar-refractivity contribution is 7.26. The summed E-state index contributed by atoms with van der Waals surface area (Å²) in [7, 11) is 0. The second-order valence-electron chi connectivity index (χ2n) is 25.1. The first-order valence-electron chi connectivity index (χ1n) is 31.5. The largest absolute Gasteiger partial charge is 0.455 e. The van der Waals surface area contributed by atoms with Gasteiger partial charge in [-0.3, -0.25) is 0 Å². The van der Waals surface area contributed by atoms with Crippen molar-refractivity contribution in [3.63, 3.8) is 0 Å². The molecule has 0 saturated carbocycles. The third kappa shape index (κ3) is 7.58. The normalized spacial score (nSPS) is 14.7. The summed E-state index contributed by atoms with van der Waals surface area (Å²) in [6.45, 7) is 4.74. The van der Waals surface area contributed by atoms with Crippen molar-refractivity contribution in [1.82, 2.24) is 0 Å². The Morgan fingerprint density at radius 2 is 1.00 bits per heavy atom. The Hall–Kier alpha value is -11.0. The summed E-state index contributed by atoms with van der Waals surface area (Å²) in [5.41, 5.74) is 23.4. The van der Waals surface area contributed by atoms with E-state index in [0.717, 1.165) is 106 Å². The average molecular weight is 1220 g/mol. The van der Waals surface area contributed by atoms with Crippen LogP contribution in [0.3, 0.4) is 0 Å². The minimum atomic E-state index is -0.913. The average Bonchev–Trinajstić information content (AvgIpc) is 1.47. The second kappa shape index (κ2) is 20.0. The van der Waals surface area contributed by atoms with Gasteiger partial charge in [-0.25, -0.2) is 0 Å². The molecule has 1 atom stereocenters. The van der Waals surface area contributed by atoms with E-state index in [1.54, 1.807) is 0 Å². The summed E-state index contributed by atoms with van der Waals surface area (Å²) in [5, 5.41) is 7.47. The molecule has 2 aromatic heterocycles. The van der Waals surface area contributed by atoms with E-state index >= 15 is 0 Å². The third-order valence-electron chi connectivity index (χ3n) is 19.9. The van der Waals surface area contributed by atoms with Gasteiger partial charge in [0.25, 0.3) is 0 Å². The van der Waals surface area contributed by atoms with Crippen LogP contribution in [0, 0.1) is 0 Å². The molecule has 1 aliphatic heterocycles. The predicted molar refractivity (Wildman–Crippen MR) is 384 cm³/mol. The van der Waals surface area contributed by atoms with Gasteiger partial charge in [-0.1, -0.05) is 226 Å². The van der Waals surface area contributed by atoms with E-state index in [1.807, 2.05) is 17.4 Å². The summed E-state index contributed by atoms with van der Waals surface area (Å²) in [5.74, 6) is 1.42. The number of thiophene rings is 1. The van der Waals surface area contributed by atoms with E-state index in [2.05, 4.69) is 315 Å². The Morgan fingerprint density at radius 1 is 0.380 bits per heavy atom. The summed E-state index contributed by atoms with van der Waals surface area (Å²) >= 11 is 9.34. The van der Waals surface area contributed by atoms with Crippen molar-refractivity contribution in [3.8, 4) is 56.0 Å². The van der Waals surface area contributed by atoms with Crippen LogP contribution in [0.15, 0.2) is 302 Å². The topological polar surface area (TPSA) is 28.9 Å². The van der Waals surface area contributed by atoms with E-state index in [9.17, 15) is 0 Å². The molecule has 3 aliphatic rings. The maximum atomic E-state index is 7.46. The molecular weight excluding hydrogens is 1160 g/mol. The van der Waals surface area contributed by atoms with Crippen molar-refractivity contribution in [2.45, 2.75) is 24.7 Å². The van der Waals surface area contributed by atoms with Crippen LogP contribution in [-0.2, 0) is 10.8 Å². The van der Waals surface area contributed by atoms with Crippen LogP contribution in [0.2, 0.25) is 5.02 Å². The number of fused-ring (bicyclic) bond motifs is 19. The molecule has 0 amide bonds. The fraction of sp³-hybridized carbons (Fsp3) is 0.0465. The Labute approximate surface area is 541 Å². The van der Waals surface area contributed by atoms with Crippen LogP contribution >= 0.6 is 22.9 Å². The lowest BCUT2D eigenvalue weighted by Gasteiger charge is -2.40. The molecule has 16 aromatic rings. The summed E-state index contributed by atoms with van der Waals surface area (Å²) < 4.78 is 16.4. The number of hydrogen-bond donors (Lipinski definition) is 0. The first-order chi connectivity index (χ1) is 45.3. The summed E-state index contributed by atoms with van der Waals surface area (Å²) in [6, 6.07) is 109. The number of furan rings is 1. The van der Waals surface area contributed by atoms with E-state index in [0.29, 0.717) is 10.8 Å². The van der Waals surface area contributed by atoms with Gasteiger partial charge in [-0.05, 0) is 163 Å². The molecule has 14 aromatic carbocycles. The lowest BCUT2D eigenvalue weighted by atomic mass is 9.66. The number of benzene rings is 14. The van der Waals surface area contributed by atoms with Crippen LogP contribution in [0.25, 0.3) is 97.4 Å².